The Labute approximate surface area is 121 Å². The molecule has 0 fully saturated rings. The second-order valence-electron chi connectivity index (χ2n) is 5.38. The summed E-state index contributed by atoms with van der Waals surface area (Å²) >= 11 is 0. The highest BCUT2D eigenvalue weighted by Gasteiger charge is 2.21. The summed E-state index contributed by atoms with van der Waals surface area (Å²) in [5.41, 5.74) is 7.08. The van der Waals surface area contributed by atoms with E-state index in [1.54, 1.807) is 4.90 Å². The Morgan fingerprint density at radius 1 is 1.35 bits per heavy atom. The third-order valence-corrected chi connectivity index (χ3v) is 3.01. The van der Waals surface area contributed by atoms with Crippen molar-refractivity contribution >= 4 is 5.91 Å². The van der Waals surface area contributed by atoms with E-state index in [9.17, 15) is 4.79 Å². The molecular formula is C16H23N3O. The van der Waals surface area contributed by atoms with Crippen LogP contribution in [0.5, 0.6) is 0 Å². The van der Waals surface area contributed by atoms with Crippen molar-refractivity contribution in [3.05, 3.63) is 35.9 Å². The molecule has 0 radical (unpaired) electrons. The molecule has 0 aromatic heterocycles. The molecule has 0 aliphatic rings. The Bertz CT molecular complexity index is 451. The zero-order valence-corrected chi connectivity index (χ0v) is 12.2. The minimum Gasteiger partial charge on any atom is -0.340 e. The van der Waals surface area contributed by atoms with E-state index in [1.165, 1.54) is 0 Å². The molecule has 1 aromatic rings. The number of carbonyl (C=O) groups is 1. The fourth-order valence-corrected chi connectivity index (χ4v) is 2.11. The van der Waals surface area contributed by atoms with Gasteiger partial charge in [-0.25, -0.2) is 0 Å². The first-order valence-corrected chi connectivity index (χ1v) is 6.99. The quantitative estimate of drug-likeness (QED) is 0.825. The van der Waals surface area contributed by atoms with Crippen molar-refractivity contribution in [3.63, 3.8) is 0 Å². The van der Waals surface area contributed by atoms with Crippen molar-refractivity contribution in [2.75, 3.05) is 13.1 Å². The molecule has 0 unspecified atom stereocenters. The number of hydrogen-bond acceptors (Lipinski definition) is 3. The van der Waals surface area contributed by atoms with Crippen LogP contribution < -0.4 is 5.73 Å². The van der Waals surface area contributed by atoms with E-state index in [1.807, 2.05) is 30.3 Å². The summed E-state index contributed by atoms with van der Waals surface area (Å²) in [6.07, 6.45) is 0.872. The SMILES string of the molecule is CC(C)CN(CCC#N)C(=O)[C@H](N)Cc1ccccc1. The molecular weight excluding hydrogens is 250 g/mol. The van der Waals surface area contributed by atoms with Gasteiger partial charge in [-0.1, -0.05) is 44.2 Å². The minimum absolute atomic E-state index is 0.0715. The van der Waals surface area contributed by atoms with Gasteiger partial charge in [0.25, 0.3) is 0 Å². The van der Waals surface area contributed by atoms with Gasteiger partial charge in [0, 0.05) is 13.1 Å². The van der Waals surface area contributed by atoms with Gasteiger partial charge in [-0.05, 0) is 17.9 Å². The summed E-state index contributed by atoms with van der Waals surface area (Å²) in [5, 5.41) is 8.69. The zero-order valence-electron chi connectivity index (χ0n) is 12.2. The molecule has 1 rings (SSSR count). The van der Waals surface area contributed by atoms with E-state index < -0.39 is 6.04 Å². The molecule has 1 amide bonds. The summed E-state index contributed by atoms with van der Waals surface area (Å²) in [6.45, 7) is 5.20. The summed E-state index contributed by atoms with van der Waals surface area (Å²) in [6, 6.07) is 11.3. The predicted molar refractivity (Wildman–Crippen MR) is 79.8 cm³/mol. The molecule has 0 aliphatic heterocycles. The largest absolute Gasteiger partial charge is 0.340 e. The van der Waals surface area contributed by atoms with E-state index in [2.05, 4.69) is 19.9 Å². The van der Waals surface area contributed by atoms with Gasteiger partial charge >= 0.3 is 0 Å². The van der Waals surface area contributed by atoms with Crippen molar-refractivity contribution in [1.29, 1.82) is 5.26 Å². The predicted octanol–water partition coefficient (Wildman–Crippen LogP) is 1.95. The van der Waals surface area contributed by atoms with Gasteiger partial charge in [-0.3, -0.25) is 4.79 Å². The van der Waals surface area contributed by atoms with Gasteiger partial charge in [0.2, 0.25) is 5.91 Å². The van der Waals surface area contributed by atoms with Crippen LogP contribution in [0.2, 0.25) is 0 Å². The lowest BCUT2D eigenvalue weighted by atomic mass is 10.0. The number of rotatable bonds is 7. The highest BCUT2D eigenvalue weighted by atomic mass is 16.2. The maximum atomic E-state index is 12.4. The number of amides is 1. The molecule has 0 bridgehead atoms. The molecule has 2 N–H and O–H groups in total. The standard InChI is InChI=1S/C16H23N3O/c1-13(2)12-19(10-6-9-17)16(20)15(18)11-14-7-4-3-5-8-14/h3-5,7-8,13,15H,6,10-12,18H2,1-2H3/t15-/m1/s1. The lowest BCUT2D eigenvalue weighted by molar-refractivity contribution is -0.133. The fourth-order valence-electron chi connectivity index (χ4n) is 2.11. The maximum absolute atomic E-state index is 12.4. The Morgan fingerprint density at radius 3 is 2.55 bits per heavy atom. The number of nitrogens with two attached hydrogens (primary N) is 1. The molecule has 108 valence electrons. The van der Waals surface area contributed by atoms with Crippen LogP contribution in [0, 0.1) is 17.2 Å². The fraction of sp³-hybridized carbons (Fsp3) is 0.500. The Kier molecular flexibility index (Phi) is 6.75. The molecule has 0 heterocycles. The van der Waals surface area contributed by atoms with Gasteiger partial charge in [-0.2, -0.15) is 5.26 Å². The summed E-state index contributed by atoms with van der Waals surface area (Å²) < 4.78 is 0. The van der Waals surface area contributed by atoms with Crippen molar-refractivity contribution in [1.82, 2.24) is 4.90 Å². The first kappa shape index (κ1) is 16.2. The zero-order chi connectivity index (χ0) is 15.0. The van der Waals surface area contributed by atoms with Crippen molar-refractivity contribution in [2.45, 2.75) is 32.7 Å². The molecule has 0 spiro atoms. The van der Waals surface area contributed by atoms with Crippen molar-refractivity contribution in [2.24, 2.45) is 11.7 Å². The van der Waals surface area contributed by atoms with E-state index in [4.69, 9.17) is 11.0 Å². The third-order valence-electron chi connectivity index (χ3n) is 3.01. The summed E-state index contributed by atoms with van der Waals surface area (Å²) in [4.78, 5) is 14.1. The van der Waals surface area contributed by atoms with Gasteiger partial charge < -0.3 is 10.6 Å². The van der Waals surface area contributed by atoms with Crippen LogP contribution in [0.4, 0.5) is 0 Å². The molecule has 1 aromatic carbocycles. The molecule has 4 nitrogen and oxygen atoms in total. The molecule has 4 heteroatoms. The van der Waals surface area contributed by atoms with Crippen LogP contribution in [0.3, 0.4) is 0 Å². The van der Waals surface area contributed by atoms with Crippen LogP contribution in [0.1, 0.15) is 25.8 Å². The van der Waals surface area contributed by atoms with E-state index in [0.717, 1.165) is 5.56 Å². The smallest absolute Gasteiger partial charge is 0.239 e. The van der Waals surface area contributed by atoms with Crippen LogP contribution in [0.15, 0.2) is 30.3 Å². The molecule has 20 heavy (non-hydrogen) atoms. The monoisotopic (exact) mass is 273 g/mol. The van der Waals surface area contributed by atoms with E-state index in [-0.39, 0.29) is 5.91 Å². The van der Waals surface area contributed by atoms with E-state index >= 15 is 0 Å². The lowest BCUT2D eigenvalue weighted by Gasteiger charge is -2.26. The van der Waals surface area contributed by atoms with Crippen LogP contribution in [-0.4, -0.2) is 29.9 Å². The first-order valence-electron chi connectivity index (χ1n) is 6.99. The second kappa shape index (κ2) is 8.34. The number of nitrogens with zero attached hydrogens (tertiary/aromatic N) is 2. The highest BCUT2D eigenvalue weighted by molar-refractivity contribution is 5.82. The molecule has 0 saturated heterocycles. The van der Waals surface area contributed by atoms with Crippen LogP contribution >= 0.6 is 0 Å². The van der Waals surface area contributed by atoms with Crippen LogP contribution in [0.25, 0.3) is 0 Å². The summed E-state index contributed by atoms with van der Waals surface area (Å²) in [5.74, 6) is 0.291. The average molecular weight is 273 g/mol. The lowest BCUT2D eigenvalue weighted by Crippen LogP contribution is -2.46. The van der Waals surface area contributed by atoms with Gasteiger partial charge in [0.1, 0.15) is 0 Å². The van der Waals surface area contributed by atoms with Gasteiger partial charge in [-0.15, -0.1) is 0 Å². The normalized spacial score (nSPS) is 11.9. The number of benzene rings is 1. The minimum atomic E-state index is -0.546. The van der Waals surface area contributed by atoms with Gasteiger partial charge in [0.05, 0.1) is 18.5 Å². The Balaban J connectivity index is 2.65. The number of hydrogen-bond donors (Lipinski definition) is 1. The molecule has 1 atom stereocenters. The summed E-state index contributed by atoms with van der Waals surface area (Å²) in [7, 11) is 0. The van der Waals surface area contributed by atoms with E-state index in [0.29, 0.717) is 31.8 Å². The van der Waals surface area contributed by atoms with Crippen LogP contribution in [-0.2, 0) is 11.2 Å². The Morgan fingerprint density at radius 2 is 2.00 bits per heavy atom. The topological polar surface area (TPSA) is 70.1 Å². The average Bonchev–Trinajstić information content (AvgIpc) is 2.43. The molecule has 0 saturated carbocycles. The van der Waals surface area contributed by atoms with Crippen molar-refractivity contribution < 1.29 is 4.79 Å². The first-order chi connectivity index (χ1) is 9.54. The Hall–Kier alpha value is -1.86. The third kappa shape index (κ3) is 5.41. The number of nitriles is 1. The second-order valence-corrected chi connectivity index (χ2v) is 5.38. The van der Waals surface area contributed by atoms with Crippen molar-refractivity contribution in [3.8, 4) is 6.07 Å². The number of carbonyl (C=O) groups excluding carboxylic acids is 1. The molecule has 0 aliphatic carbocycles. The highest BCUT2D eigenvalue weighted by Crippen LogP contribution is 2.07. The maximum Gasteiger partial charge on any atom is 0.239 e. The van der Waals surface area contributed by atoms with Gasteiger partial charge in [0.15, 0.2) is 0 Å².